The highest BCUT2D eigenvalue weighted by molar-refractivity contribution is 6.00. The summed E-state index contributed by atoms with van der Waals surface area (Å²) in [7, 11) is 0. The van der Waals surface area contributed by atoms with Crippen LogP contribution in [0.25, 0.3) is 21.9 Å². The molecule has 0 fully saturated rings. The number of benzene rings is 2. The maximum atomic E-state index is 12.3. The van der Waals surface area contributed by atoms with Crippen LogP contribution in [0.3, 0.4) is 0 Å². The number of nitro benzene ring substituents is 1. The summed E-state index contributed by atoms with van der Waals surface area (Å²) in [6.45, 7) is 1.22. The van der Waals surface area contributed by atoms with Crippen LogP contribution in [0.1, 0.15) is 16.9 Å². The molecule has 8 nitrogen and oxygen atoms in total. The van der Waals surface area contributed by atoms with E-state index in [0.717, 1.165) is 24.0 Å². The van der Waals surface area contributed by atoms with E-state index >= 15 is 0 Å². The van der Waals surface area contributed by atoms with Gasteiger partial charge in [0.1, 0.15) is 11.2 Å². The molecule has 1 amide bonds. The molecule has 0 unspecified atom stereocenters. The van der Waals surface area contributed by atoms with Crippen LogP contribution in [0.4, 0.5) is 5.69 Å². The summed E-state index contributed by atoms with van der Waals surface area (Å²) in [4.78, 5) is 30.2. The molecule has 0 atom stereocenters. The van der Waals surface area contributed by atoms with E-state index in [1.165, 1.54) is 6.07 Å². The molecule has 2 aromatic heterocycles. The van der Waals surface area contributed by atoms with Crippen molar-refractivity contribution < 1.29 is 9.72 Å². The van der Waals surface area contributed by atoms with Gasteiger partial charge in [-0.05, 0) is 24.6 Å². The van der Waals surface area contributed by atoms with Crippen molar-refractivity contribution in [3.05, 3.63) is 70.7 Å². The Morgan fingerprint density at radius 2 is 2.07 bits per heavy atom. The van der Waals surface area contributed by atoms with Crippen molar-refractivity contribution in [2.45, 2.75) is 13.0 Å². The number of rotatable bonds is 6. The molecule has 0 aliphatic heterocycles. The van der Waals surface area contributed by atoms with E-state index in [1.54, 1.807) is 24.5 Å². The average Bonchev–Trinajstić information content (AvgIpc) is 3.29. The predicted octanol–water partition coefficient (Wildman–Crippen LogP) is 3.25. The lowest BCUT2D eigenvalue weighted by atomic mass is 10.2. The summed E-state index contributed by atoms with van der Waals surface area (Å²) < 4.78 is 2.05. The zero-order valence-electron chi connectivity index (χ0n) is 14.4. The van der Waals surface area contributed by atoms with Crippen LogP contribution < -0.4 is 5.32 Å². The maximum Gasteiger partial charge on any atom is 0.293 e. The number of imidazole rings is 1. The molecule has 0 aliphatic carbocycles. The van der Waals surface area contributed by atoms with Crippen molar-refractivity contribution >= 4 is 33.5 Å². The maximum absolute atomic E-state index is 12.3. The van der Waals surface area contributed by atoms with E-state index in [0.29, 0.717) is 23.1 Å². The molecule has 0 aliphatic rings. The first-order valence-electron chi connectivity index (χ1n) is 8.57. The fraction of sp³-hybridized carbons (Fsp3) is 0.158. The molecule has 0 spiro atoms. The van der Waals surface area contributed by atoms with Gasteiger partial charge in [-0.3, -0.25) is 14.9 Å². The fourth-order valence-corrected chi connectivity index (χ4v) is 3.15. The van der Waals surface area contributed by atoms with Crippen LogP contribution in [0, 0.1) is 10.1 Å². The third kappa shape index (κ3) is 3.24. The standard InChI is InChI=1S/C19H17N5O3/c25-19(15-11-13-5-3-8-17(24(26)27)18(13)22-15)20-9-4-10-23-12-21-14-6-1-2-7-16(14)23/h1-3,5-8,11-12,22H,4,9-10H2,(H,20,25). The highest BCUT2D eigenvalue weighted by atomic mass is 16.6. The Kier molecular flexibility index (Phi) is 4.29. The lowest BCUT2D eigenvalue weighted by Crippen LogP contribution is -2.25. The van der Waals surface area contributed by atoms with Gasteiger partial charge in [0.05, 0.1) is 22.3 Å². The number of aromatic nitrogens is 3. The second-order valence-electron chi connectivity index (χ2n) is 6.22. The van der Waals surface area contributed by atoms with E-state index in [4.69, 9.17) is 0 Å². The number of H-pyrrole nitrogens is 1. The Hall–Kier alpha value is -3.68. The SMILES string of the molecule is O=C(NCCCn1cnc2ccccc21)c1cc2cccc([N+](=O)[O-])c2[nH]1. The monoisotopic (exact) mass is 363 g/mol. The molecule has 4 aromatic rings. The Morgan fingerprint density at radius 3 is 2.93 bits per heavy atom. The van der Waals surface area contributed by atoms with E-state index in [2.05, 4.69) is 15.3 Å². The Labute approximate surface area is 154 Å². The number of carbonyl (C=O) groups is 1. The van der Waals surface area contributed by atoms with E-state index < -0.39 is 4.92 Å². The molecule has 0 radical (unpaired) electrons. The molecular formula is C19H17N5O3. The topological polar surface area (TPSA) is 106 Å². The number of aromatic amines is 1. The number of carbonyl (C=O) groups excluding carboxylic acids is 1. The van der Waals surface area contributed by atoms with Crippen LogP contribution in [0.5, 0.6) is 0 Å². The van der Waals surface area contributed by atoms with Gasteiger partial charge in [0.15, 0.2) is 0 Å². The van der Waals surface area contributed by atoms with Crippen molar-refractivity contribution in [1.29, 1.82) is 0 Å². The van der Waals surface area contributed by atoms with Crippen LogP contribution in [0.2, 0.25) is 0 Å². The second kappa shape index (κ2) is 6.91. The minimum absolute atomic E-state index is 0.0430. The van der Waals surface area contributed by atoms with Crippen LogP contribution >= 0.6 is 0 Å². The molecule has 27 heavy (non-hydrogen) atoms. The number of hydrogen-bond donors (Lipinski definition) is 2. The zero-order chi connectivity index (χ0) is 18.8. The minimum Gasteiger partial charge on any atom is -0.351 e. The number of nitrogens with one attached hydrogen (secondary N) is 2. The van der Waals surface area contributed by atoms with Crippen molar-refractivity contribution in [2.75, 3.05) is 6.54 Å². The Balaban J connectivity index is 1.39. The second-order valence-corrected chi connectivity index (χ2v) is 6.22. The number of fused-ring (bicyclic) bond motifs is 2. The van der Waals surface area contributed by atoms with Gasteiger partial charge in [0.2, 0.25) is 0 Å². The third-order valence-electron chi connectivity index (χ3n) is 4.46. The number of nitrogens with zero attached hydrogens (tertiary/aromatic N) is 3. The molecular weight excluding hydrogens is 346 g/mol. The third-order valence-corrected chi connectivity index (χ3v) is 4.46. The summed E-state index contributed by atoms with van der Waals surface area (Å²) in [5.74, 6) is -0.281. The molecule has 136 valence electrons. The zero-order valence-corrected chi connectivity index (χ0v) is 14.4. The molecule has 2 heterocycles. The number of amides is 1. The van der Waals surface area contributed by atoms with E-state index in [1.807, 2.05) is 28.8 Å². The Morgan fingerprint density at radius 1 is 1.22 bits per heavy atom. The number of nitro groups is 1. The summed E-state index contributed by atoms with van der Waals surface area (Å²) in [5.41, 5.74) is 2.64. The number of para-hydroxylation sites is 3. The van der Waals surface area contributed by atoms with Gasteiger partial charge in [0, 0.05) is 24.5 Å². The van der Waals surface area contributed by atoms with Crippen molar-refractivity contribution in [3.63, 3.8) is 0 Å². The normalized spacial score (nSPS) is 11.1. The number of non-ortho nitro benzene ring substituents is 1. The lowest BCUT2D eigenvalue weighted by Gasteiger charge is -2.06. The van der Waals surface area contributed by atoms with Crippen molar-refractivity contribution in [2.24, 2.45) is 0 Å². The number of aryl methyl sites for hydroxylation is 1. The number of hydrogen-bond acceptors (Lipinski definition) is 4. The first-order valence-corrected chi connectivity index (χ1v) is 8.57. The van der Waals surface area contributed by atoms with Crippen molar-refractivity contribution in [1.82, 2.24) is 19.9 Å². The quantitative estimate of drug-likeness (QED) is 0.311. The van der Waals surface area contributed by atoms with Crippen LogP contribution in [0.15, 0.2) is 54.9 Å². The molecule has 2 aromatic carbocycles. The van der Waals surface area contributed by atoms with Gasteiger partial charge in [-0.2, -0.15) is 0 Å². The average molecular weight is 363 g/mol. The Bertz CT molecular complexity index is 1140. The highest BCUT2D eigenvalue weighted by Gasteiger charge is 2.16. The van der Waals surface area contributed by atoms with Crippen LogP contribution in [-0.4, -0.2) is 31.9 Å². The van der Waals surface area contributed by atoms with Gasteiger partial charge in [0.25, 0.3) is 11.6 Å². The van der Waals surface area contributed by atoms with Gasteiger partial charge in [-0.15, -0.1) is 0 Å². The van der Waals surface area contributed by atoms with Gasteiger partial charge >= 0.3 is 0 Å². The molecule has 0 saturated heterocycles. The van der Waals surface area contributed by atoms with E-state index in [-0.39, 0.29) is 11.6 Å². The smallest absolute Gasteiger partial charge is 0.293 e. The van der Waals surface area contributed by atoms with Gasteiger partial charge < -0.3 is 14.9 Å². The largest absolute Gasteiger partial charge is 0.351 e. The minimum atomic E-state index is -0.462. The first-order chi connectivity index (χ1) is 13.1. The van der Waals surface area contributed by atoms with Gasteiger partial charge in [-0.1, -0.05) is 24.3 Å². The summed E-state index contributed by atoms with van der Waals surface area (Å²) in [6.07, 6.45) is 2.54. The van der Waals surface area contributed by atoms with Gasteiger partial charge in [-0.25, -0.2) is 4.98 Å². The summed E-state index contributed by atoms with van der Waals surface area (Å²) in [5, 5.41) is 14.6. The van der Waals surface area contributed by atoms with Crippen LogP contribution in [-0.2, 0) is 6.54 Å². The summed E-state index contributed by atoms with van der Waals surface area (Å²) in [6, 6.07) is 14.3. The molecule has 0 bridgehead atoms. The first kappa shape index (κ1) is 16.8. The highest BCUT2D eigenvalue weighted by Crippen LogP contribution is 2.25. The summed E-state index contributed by atoms with van der Waals surface area (Å²) >= 11 is 0. The molecule has 0 saturated carbocycles. The molecule has 4 rings (SSSR count). The molecule has 2 N–H and O–H groups in total. The predicted molar refractivity (Wildman–Crippen MR) is 102 cm³/mol. The van der Waals surface area contributed by atoms with E-state index in [9.17, 15) is 14.9 Å². The van der Waals surface area contributed by atoms with Crippen molar-refractivity contribution in [3.8, 4) is 0 Å². The fourth-order valence-electron chi connectivity index (χ4n) is 3.15. The lowest BCUT2D eigenvalue weighted by molar-refractivity contribution is -0.383. The molecule has 8 heteroatoms.